The molecule has 2 atom stereocenters. The molecule has 2 rings (SSSR count). The van der Waals surface area contributed by atoms with Crippen LogP contribution in [-0.2, 0) is 23.8 Å². The van der Waals surface area contributed by atoms with E-state index in [4.69, 9.17) is 14.2 Å². The fourth-order valence-electron chi connectivity index (χ4n) is 3.04. The van der Waals surface area contributed by atoms with E-state index in [1.54, 1.807) is 0 Å². The van der Waals surface area contributed by atoms with E-state index >= 15 is 0 Å². The quantitative estimate of drug-likeness (QED) is 0.585. The molecule has 0 radical (unpaired) electrons. The van der Waals surface area contributed by atoms with E-state index in [1.165, 1.54) is 14.2 Å². The molecule has 0 aromatic carbocycles. The molecule has 0 amide bonds. The summed E-state index contributed by atoms with van der Waals surface area (Å²) in [6.07, 6.45) is 1.41. The zero-order valence-corrected chi connectivity index (χ0v) is 12.4. The maximum atomic E-state index is 12.3. The minimum atomic E-state index is -0.883. The normalized spacial score (nSPS) is 31.6. The molecule has 20 heavy (non-hydrogen) atoms. The van der Waals surface area contributed by atoms with Gasteiger partial charge < -0.3 is 14.2 Å². The molecule has 0 unspecified atom stereocenters. The molecule has 0 bridgehead atoms. The Morgan fingerprint density at radius 2 is 1.95 bits per heavy atom. The molecule has 1 saturated heterocycles. The number of fused-ring (bicyclic) bond motifs is 1. The van der Waals surface area contributed by atoms with Gasteiger partial charge in [-0.1, -0.05) is 6.58 Å². The van der Waals surface area contributed by atoms with Crippen LogP contribution in [0.3, 0.4) is 0 Å². The van der Waals surface area contributed by atoms with Gasteiger partial charge in [0.15, 0.2) is 0 Å². The molecular weight excluding hydrogens is 260 g/mol. The van der Waals surface area contributed by atoms with Crippen LogP contribution >= 0.6 is 0 Å². The third kappa shape index (κ3) is 1.84. The Bertz CT molecular complexity index is 518. The molecule has 1 aliphatic carbocycles. The highest BCUT2D eigenvalue weighted by molar-refractivity contribution is 5.94. The molecular formula is C15H20O5. The van der Waals surface area contributed by atoms with Crippen molar-refractivity contribution in [3.05, 3.63) is 23.5 Å². The molecule has 1 fully saturated rings. The van der Waals surface area contributed by atoms with Gasteiger partial charge in [0.25, 0.3) is 0 Å². The number of carbonyl (C=O) groups excluding carboxylic acids is 2. The lowest BCUT2D eigenvalue weighted by Gasteiger charge is -2.25. The van der Waals surface area contributed by atoms with Crippen molar-refractivity contribution in [1.82, 2.24) is 0 Å². The van der Waals surface area contributed by atoms with Crippen molar-refractivity contribution < 1.29 is 23.8 Å². The maximum absolute atomic E-state index is 12.3. The van der Waals surface area contributed by atoms with Crippen LogP contribution in [0.2, 0.25) is 0 Å². The van der Waals surface area contributed by atoms with Gasteiger partial charge in [-0.3, -0.25) is 4.79 Å². The first-order valence-corrected chi connectivity index (χ1v) is 6.56. The van der Waals surface area contributed by atoms with E-state index in [0.717, 1.165) is 5.57 Å². The van der Waals surface area contributed by atoms with E-state index in [-0.39, 0.29) is 5.97 Å². The van der Waals surface area contributed by atoms with Gasteiger partial charge in [-0.05, 0) is 32.3 Å². The number of carbonyl (C=O) groups is 2. The van der Waals surface area contributed by atoms with Crippen molar-refractivity contribution >= 4 is 11.9 Å². The summed E-state index contributed by atoms with van der Waals surface area (Å²) in [6, 6.07) is 0. The molecule has 2 aliphatic rings. The summed E-state index contributed by atoms with van der Waals surface area (Å²) in [4.78, 5) is 24.1. The monoisotopic (exact) mass is 280 g/mol. The summed E-state index contributed by atoms with van der Waals surface area (Å²) in [6.45, 7) is 7.65. The fourth-order valence-corrected chi connectivity index (χ4v) is 3.04. The van der Waals surface area contributed by atoms with E-state index in [2.05, 4.69) is 6.58 Å². The van der Waals surface area contributed by atoms with Crippen molar-refractivity contribution in [1.29, 1.82) is 0 Å². The van der Waals surface area contributed by atoms with Crippen molar-refractivity contribution in [3.8, 4) is 0 Å². The second-order valence-corrected chi connectivity index (χ2v) is 5.66. The molecule has 1 heterocycles. The highest BCUT2D eigenvalue weighted by Gasteiger charge is 2.61. The zero-order valence-electron chi connectivity index (χ0n) is 12.4. The lowest BCUT2D eigenvalue weighted by Crippen LogP contribution is -2.32. The predicted octanol–water partition coefficient (Wildman–Crippen LogP) is 2.12. The fraction of sp³-hybridized carbons (Fsp3) is 0.600. The molecule has 0 aromatic rings. The Morgan fingerprint density at radius 1 is 1.30 bits per heavy atom. The van der Waals surface area contributed by atoms with Crippen LogP contribution in [0.1, 0.15) is 33.1 Å². The Kier molecular flexibility index (Phi) is 3.40. The van der Waals surface area contributed by atoms with Crippen LogP contribution in [0.15, 0.2) is 23.5 Å². The predicted molar refractivity (Wildman–Crippen MR) is 71.6 cm³/mol. The molecule has 5 heteroatoms. The summed E-state index contributed by atoms with van der Waals surface area (Å²) in [5.74, 6) is -0.408. The molecule has 5 nitrogen and oxygen atoms in total. The van der Waals surface area contributed by atoms with Gasteiger partial charge in [0, 0.05) is 6.42 Å². The molecule has 1 aliphatic heterocycles. The van der Waals surface area contributed by atoms with Gasteiger partial charge in [-0.2, -0.15) is 0 Å². The highest BCUT2D eigenvalue weighted by Crippen LogP contribution is 2.58. The smallest absolute Gasteiger partial charge is 0.337 e. The van der Waals surface area contributed by atoms with Crippen molar-refractivity contribution in [2.24, 2.45) is 5.41 Å². The van der Waals surface area contributed by atoms with Gasteiger partial charge in [0.2, 0.25) is 0 Å². The maximum Gasteiger partial charge on any atom is 0.337 e. The van der Waals surface area contributed by atoms with Gasteiger partial charge >= 0.3 is 11.9 Å². The Labute approximate surface area is 118 Å². The van der Waals surface area contributed by atoms with Crippen LogP contribution in [0.25, 0.3) is 0 Å². The molecule has 0 saturated carbocycles. The zero-order chi connectivity index (χ0) is 15.1. The first-order chi connectivity index (χ1) is 9.30. The third-order valence-electron chi connectivity index (χ3n) is 4.39. The number of methoxy groups -OCH3 is 2. The molecule has 0 aromatic heterocycles. The number of ether oxygens (including phenoxy) is 3. The van der Waals surface area contributed by atoms with Gasteiger partial charge in [-0.25, -0.2) is 4.79 Å². The van der Waals surface area contributed by atoms with E-state index in [9.17, 15) is 9.59 Å². The Balaban J connectivity index is 2.54. The summed E-state index contributed by atoms with van der Waals surface area (Å²) >= 11 is 0. The van der Waals surface area contributed by atoms with Crippen LogP contribution in [0, 0.1) is 5.41 Å². The number of hydrogen-bond donors (Lipinski definition) is 0. The second-order valence-electron chi connectivity index (χ2n) is 5.66. The first-order valence-electron chi connectivity index (χ1n) is 6.56. The first kappa shape index (κ1) is 14.6. The minimum absolute atomic E-state index is 0.364. The SMILES string of the molecule is C=C(C)[C@@]1(C)C[C@@]2(C(=O)OC)CCC(C(=O)OC)=C2O1. The minimum Gasteiger partial charge on any atom is -0.486 e. The van der Waals surface area contributed by atoms with Crippen LogP contribution in [0.4, 0.5) is 0 Å². The van der Waals surface area contributed by atoms with Crippen molar-refractivity contribution in [2.75, 3.05) is 14.2 Å². The van der Waals surface area contributed by atoms with Crippen LogP contribution in [0.5, 0.6) is 0 Å². The number of hydrogen-bond acceptors (Lipinski definition) is 5. The topological polar surface area (TPSA) is 61.8 Å². The summed E-state index contributed by atoms with van der Waals surface area (Å²) in [5.41, 5.74) is -0.301. The van der Waals surface area contributed by atoms with Gasteiger partial charge in [0.05, 0.1) is 19.8 Å². The lowest BCUT2D eigenvalue weighted by atomic mass is 9.77. The Hall–Kier alpha value is -1.78. The molecule has 0 N–H and O–H groups in total. The molecule has 0 spiro atoms. The second kappa shape index (κ2) is 4.65. The highest BCUT2D eigenvalue weighted by atomic mass is 16.5. The summed E-state index contributed by atoms with van der Waals surface area (Å²) in [7, 11) is 2.67. The average molecular weight is 280 g/mol. The van der Waals surface area contributed by atoms with E-state index in [0.29, 0.717) is 30.6 Å². The van der Waals surface area contributed by atoms with Crippen LogP contribution in [-0.4, -0.2) is 31.8 Å². The van der Waals surface area contributed by atoms with E-state index in [1.807, 2.05) is 13.8 Å². The van der Waals surface area contributed by atoms with E-state index < -0.39 is 17.0 Å². The number of esters is 2. The third-order valence-corrected chi connectivity index (χ3v) is 4.39. The Morgan fingerprint density at radius 3 is 2.45 bits per heavy atom. The van der Waals surface area contributed by atoms with Gasteiger partial charge in [-0.15, -0.1) is 0 Å². The van der Waals surface area contributed by atoms with Crippen molar-refractivity contribution in [3.63, 3.8) is 0 Å². The van der Waals surface area contributed by atoms with Crippen molar-refractivity contribution in [2.45, 2.75) is 38.7 Å². The van der Waals surface area contributed by atoms with Crippen LogP contribution < -0.4 is 0 Å². The standard InChI is InChI=1S/C15H20O5/c1-9(2)14(3)8-15(13(17)19-5)7-6-10(11(15)20-14)12(16)18-4/h1,6-8H2,2-5H3/t14-,15+/m1/s1. The number of rotatable bonds is 3. The summed E-state index contributed by atoms with van der Waals surface area (Å²) in [5, 5.41) is 0. The van der Waals surface area contributed by atoms with Gasteiger partial charge in [0.1, 0.15) is 16.8 Å². The largest absolute Gasteiger partial charge is 0.486 e. The molecule has 110 valence electrons. The average Bonchev–Trinajstić information content (AvgIpc) is 2.90. The lowest BCUT2D eigenvalue weighted by molar-refractivity contribution is -0.150. The summed E-state index contributed by atoms with van der Waals surface area (Å²) < 4.78 is 15.7.